The maximum atomic E-state index is 13.5. The van der Waals surface area contributed by atoms with E-state index in [-0.39, 0.29) is 11.5 Å². The second-order valence-corrected chi connectivity index (χ2v) is 8.87. The first kappa shape index (κ1) is 19.3. The Balaban J connectivity index is 1.63. The Hall–Kier alpha value is -2.66. The lowest BCUT2D eigenvalue weighted by Gasteiger charge is -2.47. The molecule has 0 bridgehead atoms. The van der Waals surface area contributed by atoms with Gasteiger partial charge in [-0.1, -0.05) is 55.1 Å². The van der Waals surface area contributed by atoms with Crippen molar-refractivity contribution in [1.29, 1.82) is 0 Å². The summed E-state index contributed by atoms with van der Waals surface area (Å²) < 4.78 is 1.31. The molecule has 5 rings (SSSR count). The smallest absolute Gasteiger partial charge is 0.279 e. The van der Waals surface area contributed by atoms with Crippen LogP contribution in [0.25, 0.3) is 16.5 Å². The molecule has 5 nitrogen and oxygen atoms in total. The van der Waals surface area contributed by atoms with Crippen molar-refractivity contribution in [3.63, 3.8) is 0 Å². The summed E-state index contributed by atoms with van der Waals surface area (Å²) in [6.07, 6.45) is 5.92. The molecule has 2 aromatic carbocycles. The summed E-state index contributed by atoms with van der Waals surface area (Å²) in [6, 6.07) is 12.9. The number of benzene rings is 2. The minimum Gasteiger partial charge on any atom is -0.334 e. The topological polar surface area (TPSA) is 55.2 Å². The summed E-state index contributed by atoms with van der Waals surface area (Å²) in [4.78, 5) is 28.7. The molecule has 6 heteroatoms. The summed E-state index contributed by atoms with van der Waals surface area (Å²) >= 11 is 6.29. The first-order valence-electron chi connectivity index (χ1n) is 10.6. The van der Waals surface area contributed by atoms with Crippen molar-refractivity contribution in [2.75, 3.05) is 6.54 Å². The number of carbonyl (C=O) groups excluding carboxylic acids is 1. The fraction of sp³-hybridized carbons (Fsp3) is 0.375. The van der Waals surface area contributed by atoms with Crippen molar-refractivity contribution in [1.82, 2.24) is 14.7 Å². The van der Waals surface area contributed by atoms with Gasteiger partial charge in [-0.25, -0.2) is 0 Å². The number of likely N-dealkylation sites (tertiary alicyclic amines) is 1. The largest absolute Gasteiger partial charge is 0.334 e. The van der Waals surface area contributed by atoms with E-state index in [9.17, 15) is 9.59 Å². The van der Waals surface area contributed by atoms with E-state index in [4.69, 9.17) is 11.6 Å². The van der Waals surface area contributed by atoms with E-state index in [0.29, 0.717) is 39.1 Å². The van der Waals surface area contributed by atoms with Crippen LogP contribution in [0.15, 0.2) is 47.3 Å². The lowest BCUT2D eigenvalue weighted by molar-refractivity contribution is 0.0118. The number of carbonyl (C=O) groups is 1. The third-order valence-electron chi connectivity index (χ3n) is 6.62. The Morgan fingerprint density at radius 3 is 2.63 bits per heavy atom. The van der Waals surface area contributed by atoms with E-state index in [2.05, 4.69) is 5.10 Å². The van der Waals surface area contributed by atoms with Gasteiger partial charge < -0.3 is 4.90 Å². The highest BCUT2D eigenvalue weighted by molar-refractivity contribution is 6.31. The quantitative estimate of drug-likeness (QED) is 0.599. The first-order valence-corrected chi connectivity index (χ1v) is 11.0. The fourth-order valence-electron chi connectivity index (χ4n) is 4.84. The molecule has 1 aliphatic heterocycles. The van der Waals surface area contributed by atoms with Gasteiger partial charge in [0.25, 0.3) is 11.5 Å². The van der Waals surface area contributed by atoms with Crippen molar-refractivity contribution in [3.05, 3.63) is 69.1 Å². The van der Waals surface area contributed by atoms with E-state index < -0.39 is 0 Å². The van der Waals surface area contributed by atoms with Gasteiger partial charge in [-0.2, -0.15) is 9.78 Å². The zero-order valence-corrected chi connectivity index (χ0v) is 17.7. The number of halogens is 1. The number of nitrogens with zero attached hydrogens (tertiary/aromatic N) is 3. The Morgan fingerprint density at radius 2 is 1.83 bits per heavy atom. The van der Waals surface area contributed by atoms with Crippen LogP contribution in [0.5, 0.6) is 0 Å². The molecule has 2 aliphatic rings. The zero-order chi connectivity index (χ0) is 20.8. The number of hydrogen-bond acceptors (Lipinski definition) is 3. The third-order valence-corrected chi connectivity index (χ3v) is 7.03. The van der Waals surface area contributed by atoms with Crippen LogP contribution in [0.4, 0.5) is 0 Å². The SMILES string of the molecule is Cc1ccc(-n2nc(C(=O)N3CC4CCCCCC43)c3ccccc3c2=O)cc1Cl. The molecule has 1 aliphatic carbocycles. The minimum atomic E-state index is -0.252. The predicted octanol–water partition coefficient (Wildman–Crippen LogP) is 4.75. The average molecular weight is 422 g/mol. The van der Waals surface area contributed by atoms with Gasteiger partial charge in [0.15, 0.2) is 5.69 Å². The molecule has 2 atom stereocenters. The first-order chi connectivity index (χ1) is 14.5. The predicted molar refractivity (Wildman–Crippen MR) is 118 cm³/mol. The summed E-state index contributed by atoms with van der Waals surface area (Å²) in [5.41, 5.74) is 1.57. The van der Waals surface area contributed by atoms with Gasteiger partial charge in [0.2, 0.25) is 0 Å². The molecule has 0 N–H and O–H groups in total. The molecule has 0 radical (unpaired) electrons. The monoisotopic (exact) mass is 421 g/mol. The Labute approximate surface area is 180 Å². The molecule has 1 amide bonds. The molecule has 154 valence electrons. The van der Waals surface area contributed by atoms with E-state index >= 15 is 0 Å². The molecular weight excluding hydrogens is 398 g/mol. The molecule has 0 spiro atoms. The Bertz CT molecular complexity index is 1200. The molecule has 2 heterocycles. The van der Waals surface area contributed by atoms with Crippen LogP contribution in [0.3, 0.4) is 0 Å². The Kier molecular flexibility index (Phi) is 4.86. The van der Waals surface area contributed by atoms with Gasteiger partial charge >= 0.3 is 0 Å². The van der Waals surface area contributed by atoms with Crippen LogP contribution in [0.1, 0.15) is 48.2 Å². The number of hydrogen-bond donors (Lipinski definition) is 0. The van der Waals surface area contributed by atoms with E-state index in [0.717, 1.165) is 18.5 Å². The van der Waals surface area contributed by atoms with Gasteiger partial charge in [-0.15, -0.1) is 0 Å². The number of aromatic nitrogens is 2. The third kappa shape index (κ3) is 3.12. The van der Waals surface area contributed by atoms with Gasteiger partial charge in [-0.05, 0) is 49.4 Å². The maximum absolute atomic E-state index is 13.5. The maximum Gasteiger partial charge on any atom is 0.279 e. The van der Waals surface area contributed by atoms with E-state index in [1.165, 1.54) is 30.4 Å². The molecule has 3 aromatic rings. The number of rotatable bonds is 2. The van der Waals surface area contributed by atoms with Crippen molar-refractivity contribution < 1.29 is 4.79 Å². The standard InChI is InChI=1S/C24H24ClN3O2/c1-15-11-12-17(13-20(15)25)28-23(29)19-9-6-5-8-18(19)22(26-28)24(30)27-14-16-7-3-2-4-10-21(16)27/h5-6,8-9,11-13,16,21H,2-4,7,10,14H2,1H3. The normalized spacial score (nSPS) is 21.1. The van der Waals surface area contributed by atoms with Gasteiger partial charge in [-0.3, -0.25) is 9.59 Å². The van der Waals surface area contributed by atoms with Crippen LogP contribution in [0.2, 0.25) is 5.02 Å². The Morgan fingerprint density at radius 1 is 1.07 bits per heavy atom. The molecule has 30 heavy (non-hydrogen) atoms. The fourth-order valence-corrected chi connectivity index (χ4v) is 5.02. The second-order valence-electron chi connectivity index (χ2n) is 8.47. The number of fused-ring (bicyclic) bond motifs is 2. The van der Waals surface area contributed by atoms with Crippen LogP contribution in [0, 0.1) is 12.8 Å². The van der Waals surface area contributed by atoms with Gasteiger partial charge in [0, 0.05) is 23.0 Å². The van der Waals surface area contributed by atoms with E-state index in [1.807, 2.05) is 42.2 Å². The van der Waals surface area contributed by atoms with Crippen molar-refractivity contribution in [3.8, 4) is 5.69 Å². The molecule has 1 aromatic heterocycles. The average Bonchev–Trinajstić information content (AvgIpc) is 2.92. The second kappa shape index (κ2) is 7.55. The van der Waals surface area contributed by atoms with E-state index in [1.54, 1.807) is 12.1 Å². The molecule has 2 unspecified atom stereocenters. The number of aryl methyl sites for hydroxylation is 1. The number of amides is 1. The molecule has 1 saturated carbocycles. The van der Waals surface area contributed by atoms with Crippen LogP contribution in [-0.4, -0.2) is 33.2 Å². The molecular formula is C24H24ClN3O2. The summed E-state index contributed by atoms with van der Waals surface area (Å²) in [7, 11) is 0. The minimum absolute atomic E-state index is 0.0821. The molecule has 1 saturated heterocycles. The van der Waals surface area contributed by atoms with Crippen LogP contribution >= 0.6 is 11.6 Å². The highest BCUT2D eigenvalue weighted by Gasteiger charge is 2.43. The van der Waals surface area contributed by atoms with Gasteiger partial charge in [0.05, 0.1) is 11.1 Å². The van der Waals surface area contributed by atoms with Crippen molar-refractivity contribution in [2.45, 2.75) is 45.1 Å². The van der Waals surface area contributed by atoms with Gasteiger partial charge in [0.1, 0.15) is 0 Å². The summed E-state index contributed by atoms with van der Waals surface area (Å²) in [5.74, 6) is 0.519. The lowest BCUT2D eigenvalue weighted by Crippen LogP contribution is -2.58. The summed E-state index contributed by atoms with van der Waals surface area (Å²) in [6.45, 7) is 2.69. The van der Waals surface area contributed by atoms with Crippen molar-refractivity contribution in [2.24, 2.45) is 5.92 Å². The van der Waals surface area contributed by atoms with Crippen LogP contribution < -0.4 is 5.56 Å². The van der Waals surface area contributed by atoms with Crippen molar-refractivity contribution >= 4 is 28.3 Å². The van der Waals surface area contributed by atoms with Crippen LogP contribution in [-0.2, 0) is 0 Å². The highest BCUT2D eigenvalue weighted by Crippen LogP contribution is 2.37. The lowest BCUT2D eigenvalue weighted by atomic mass is 9.84. The zero-order valence-electron chi connectivity index (χ0n) is 17.0. The summed E-state index contributed by atoms with van der Waals surface area (Å²) in [5, 5.41) is 6.22. The highest BCUT2D eigenvalue weighted by atomic mass is 35.5. The molecule has 2 fully saturated rings.